The van der Waals surface area contributed by atoms with Gasteiger partial charge in [0.05, 0.1) is 13.2 Å². The average molecular weight is 187 g/mol. The standard InChI is InChI=1S/C9H17NO3/c1-5-13-8(12)9(3,4)10-6-7(2)11/h10H,5-6H2,1-4H3. The van der Waals surface area contributed by atoms with E-state index in [9.17, 15) is 9.59 Å². The highest BCUT2D eigenvalue weighted by Crippen LogP contribution is 2.04. The lowest BCUT2D eigenvalue weighted by Gasteiger charge is -2.22. The minimum Gasteiger partial charge on any atom is -0.465 e. The molecule has 0 bridgehead atoms. The Labute approximate surface area is 78.6 Å². The van der Waals surface area contributed by atoms with Crippen molar-refractivity contribution >= 4 is 11.8 Å². The fourth-order valence-corrected chi connectivity index (χ4v) is 0.729. The lowest BCUT2D eigenvalue weighted by atomic mass is 10.1. The summed E-state index contributed by atoms with van der Waals surface area (Å²) in [4.78, 5) is 21.9. The van der Waals surface area contributed by atoms with E-state index in [1.807, 2.05) is 0 Å². The fraction of sp³-hybridized carbons (Fsp3) is 0.778. The number of carbonyl (C=O) groups excluding carboxylic acids is 2. The van der Waals surface area contributed by atoms with E-state index in [1.165, 1.54) is 6.92 Å². The van der Waals surface area contributed by atoms with Crippen molar-refractivity contribution in [3.8, 4) is 0 Å². The van der Waals surface area contributed by atoms with Gasteiger partial charge in [0.15, 0.2) is 0 Å². The molecule has 0 aromatic rings. The van der Waals surface area contributed by atoms with Gasteiger partial charge in [-0.3, -0.25) is 14.9 Å². The summed E-state index contributed by atoms with van der Waals surface area (Å²) < 4.78 is 4.83. The number of ketones is 1. The number of hydrogen-bond donors (Lipinski definition) is 1. The van der Waals surface area contributed by atoms with Crippen LogP contribution in [-0.4, -0.2) is 30.4 Å². The summed E-state index contributed by atoms with van der Waals surface area (Å²) in [5.74, 6) is -0.339. The van der Waals surface area contributed by atoms with Crippen LogP contribution < -0.4 is 5.32 Å². The second-order valence-electron chi connectivity index (χ2n) is 3.40. The average Bonchev–Trinajstić information content (AvgIpc) is 2.01. The maximum absolute atomic E-state index is 11.3. The van der Waals surface area contributed by atoms with E-state index in [0.717, 1.165) is 0 Å². The van der Waals surface area contributed by atoms with Crippen LogP contribution in [0.25, 0.3) is 0 Å². The van der Waals surface area contributed by atoms with Crippen molar-refractivity contribution in [3.63, 3.8) is 0 Å². The number of nitrogens with one attached hydrogen (secondary N) is 1. The van der Waals surface area contributed by atoms with Crippen molar-refractivity contribution in [1.82, 2.24) is 5.32 Å². The van der Waals surface area contributed by atoms with Gasteiger partial charge in [-0.25, -0.2) is 0 Å². The van der Waals surface area contributed by atoms with Gasteiger partial charge in [0.2, 0.25) is 0 Å². The van der Waals surface area contributed by atoms with Crippen molar-refractivity contribution in [3.05, 3.63) is 0 Å². The Morgan fingerprint density at radius 1 is 1.38 bits per heavy atom. The molecule has 0 aromatic heterocycles. The van der Waals surface area contributed by atoms with Crippen LogP contribution in [0.2, 0.25) is 0 Å². The van der Waals surface area contributed by atoms with E-state index < -0.39 is 5.54 Å². The van der Waals surface area contributed by atoms with Crippen LogP contribution in [0.1, 0.15) is 27.7 Å². The molecular weight excluding hydrogens is 170 g/mol. The van der Waals surface area contributed by atoms with Crippen molar-refractivity contribution < 1.29 is 14.3 Å². The van der Waals surface area contributed by atoms with Crippen LogP contribution in [0, 0.1) is 0 Å². The molecule has 0 spiro atoms. The third-order valence-electron chi connectivity index (χ3n) is 1.57. The third-order valence-corrected chi connectivity index (χ3v) is 1.57. The molecule has 4 nitrogen and oxygen atoms in total. The molecular formula is C9H17NO3. The lowest BCUT2D eigenvalue weighted by molar-refractivity contribution is -0.149. The number of esters is 1. The molecule has 0 aliphatic carbocycles. The molecule has 0 aliphatic heterocycles. The number of Topliss-reactive ketones (excluding diaryl/α,β-unsaturated/α-hetero) is 1. The Hall–Kier alpha value is -0.900. The minimum atomic E-state index is -0.790. The highest BCUT2D eigenvalue weighted by molar-refractivity contribution is 5.82. The first-order chi connectivity index (χ1) is 5.90. The van der Waals surface area contributed by atoms with Crippen molar-refractivity contribution in [2.45, 2.75) is 33.2 Å². The van der Waals surface area contributed by atoms with Crippen LogP contribution >= 0.6 is 0 Å². The zero-order valence-electron chi connectivity index (χ0n) is 8.64. The maximum atomic E-state index is 11.3. The van der Waals surface area contributed by atoms with Crippen molar-refractivity contribution in [1.29, 1.82) is 0 Å². The van der Waals surface area contributed by atoms with Gasteiger partial charge in [-0.2, -0.15) is 0 Å². The lowest BCUT2D eigenvalue weighted by Crippen LogP contribution is -2.49. The zero-order chi connectivity index (χ0) is 10.5. The second kappa shape index (κ2) is 4.97. The molecule has 0 aromatic carbocycles. The molecule has 0 unspecified atom stereocenters. The SMILES string of the molecule is CCOC(=O)C(C)(C)NCC(C)=O. The zero-order valence-corrected chi connectivity index (χ0v) is 8.64. The number of carbonyl (C=O) groups is 2. The summed E-state index contributed by atoms with van der Waals surface area (Å²) in [5, 5.41) is 2.82. The van der Waals surface area contributed by atoms with Crippen LogP contribution in [0.3, 0.4) is 0 Å². The Morgan fingerprint density at radius 2 is 1.92 bits per heavy atom. The second-order valence-corrected chi connectivity index (χ2v) is 3.40. The predicted molar refractivity (Wildman–Crippen MR) is 49.4 cm³/mol. The van der Waals surface area contributed by atoms with Crippen molar-refractivity contribution in [2.75, 3.05) is 13.2 Å². The van der Waals surface area contributed by atoms with Gasteiger partial charge in [0, 0.05) is 0 Å². The normalized spacial score (nSPS) is 11.1. The number of rotatable bonds is 5. The van der Waals surface area contributed by atoms with Gasteiger partial charge in [0.25, 0.3) is 0 Å². The van der Waals surface area contributed by atoms with E-state index in [0.29, 0.717) is 6.61 Å². The first kappa shape index (κ1) is 12.1. The van der Waals surface area contributed by atoms with Gasteiger partial charge < -0.3 is 4.74 Å². The van der Waals surface area contributed by atoms with Gasteiger partial charge in [-0.15, -0.1) is 0 Å². The number of ether oxygens (including phenoxy) is 1. The van der Waals surface area contributed by atoms with Crippen LogP contribution in [0.15, 0.2) is 0 Å². The Morgan fingerprint density at radius 3 is 2.31 bits per heavy atom. The van der Waals surface area contributed by atoms with Gasteiger partial charge >= 0.3 is 5.97 Å². The van der Waals surface area contributed by atoms with E-state index in [1.54, 1.807) is 20.8 Å². The summed E-state index contributed by atoms with van der Waals surface area (Å²) in [7, 11) is 0. The monoisotopic (exact) mass is 187 g/mol. The third kappa shape index (κ3) is 4.62. The van der Waals surface area contributed by atoms with Gasteiger partial charge in [-0.05, 0) is 27.7 Å². The molecule has 0 fully saturated rings. The summed E-state index contributed by atoms with van der Waals surface area (Å²) in [6, 6.07) is 0. The number of hydrogen-bond acceptors (Lipinski definition) is 4. The van der Waals surface area contributed by atoms with Gasteiger partial charge in [0.1, 0.15) is 11.3 Å². The smallest absolute Gasteiger partial charge is 0.325 e. The predicted octanol–water partition coefficient (Wildman–Crippen LogP) is 0.507. The molecule has 76 valence electrons. The molecule has 0 atom stereocenters. The molecule has 0 aliphatic rings. The molecule has 0 saturated carbocycles. The highest BCUT2D eigenvalue weighted by atomic mass is 16.5. The van der Waals surface area contributed by atoms with E-state index in [2.05, 4.69) is 5.32 Å². The first-order valence-electron chi connectivity index (χ1n) is 4.32. The molecule has 13 heavy (non-hydrogen) atoms. The summed E-state index contributed by atoms with van der Waals surface area (Å²) in [6.07, 6.45) is 0. The Kier molecular flexibility index (Phi) is 4.62. The maximum Gasteiger partial charge on any atom is 0.325 e. The minimum absolute atomic E-state index is 0.00243. The summed E-state index contributed by atoms with van der Waals surface area (Å²) in [5.41, 5.74) is -0.790. The summed E-state index contributed by atoms with van der Waals surface area (Å²) in [6.45, 7) is 7.13. The molecule has 4 heteroatoms. The largest absolute Gasteiger partial charge is 0.465 e. The molecule has 0 saturated heterocycles. The molecule has 0 heterocycles. The van der Waals surface area contributed by atoms with E-state index >= 15 is 0 Å². The fourth-order valence-electron chi connectivity index (χ4n) is 0.729. The van der Waals surface area contributed by atoms with E-state index in [-0.39, 0.29) is 18.3 Å². The van der Waals surface area contributed by atoms with Crippen LogP contribution in [-0.2, 0) is 14.3 Å². The topological polar surface area (TPSA) is 55.4 Å². The molecule has 1 N–H and O–H groups in total. The Bertz CT molecular complexity index is 199. The van der Waals surface area contributed by atoms with E-state index in [4.69, 9.17) is 4.74 Å². The quantitative estimate of drug-likeness (QED) is 0.637. The molecule has 0 amide bonds. The van der Waals surface area contributed by atoms with Crippen LogP contribution in [0.4, 0.5) is 0 Å². The van der Waals surface area contributed by atoms with Crippen LogP contribution in [0.5, 0.6) is 0 Å². The molecule has 0 radical (unpaired) electrons. The first-order valence-corrected chi connectivity index (χ1v) is 4.32. The Balaban J connectivity index is 4.05. The van der Waals surface area contributed by atoms with Crippen molar-refractivity contribution in [2.24, 2.45) is 0 Å². The highest BCUT2D eigenvalue weighted by Gasteiger charge is 2.28. The van der Waals surface area contributed by atoms with Gasteiger partial charge in [-0.1, -0.05) is 0 Å². The summed E-state index contributed by atoms with van der Waals surface area (Å²) >= 11 is 0. The molecule has 0 rings (SSSR count).